The van der Waals surface area contributed by atoms with Gasteiger partial charge in [0.05, 0.1) is 25.2 Å². The largest absolute Gasteiger partial charge is 0.419 e. The van der Waals surface area contributed by atoms with Crippen LogP contribution in [0.2, 0.25) is 0 Å². The Kier molecular flexibility index (Phi) is 12.9. The zero-order valence-electron chi connectivity index (χ0n) is 28.0. The average Bonchev–Trinajstić information content (AvgIpc) is 3.23. The summed E-state index contributed by atoms with van der Waals surface area (Å²) in [5.41, 5.74) is 1.89. The molecule has 1 amide bonds. The molecule has 0 radical (unpaired) electrons. The molecule has 4 rings (SSSR count). The first-order chi connectivity index (χ1) is 21.9. The summed E-state index contributed by atoms with van der Waals surface area (Å²) >= 11 is 0. The van der Waals surface area contributed by atoms with Gasteiger partial charge >= 0.3 is 6.18 Å². The van der Waals surface area contributed by atoms with Gasteiger partial charge in [0.25, 0.3) is 0 Å². The Bertz CT molecular complexity index is 1240. The van der Waals surface area contributed by atoms with E-state index in [1.54, 1.807) is 11.8 Å². The number of hydrogen-bond donors (Lipinski definition) is 2. The van der Waals surface area contributed by atoms with Crippen molar-refractivity contribution in [2.75, 3.05) is 89.4 Å². The molecule has 2 N–H and O–H groups in total. The molecule has 1 atom stereocenters. The molecule has 0 spiro atoms. The number of ether oxygens (including phenoxy) is 1. The highest BCUT2D eigenvalue weighted by atomic mass is 19.4. The SMILES string of the molecule is C=C(NCC(C)CN1CCOCCC1=O)/C(=C\N=C(C)Nc1ccc(N2CCN(C3CCN(C)CC3)CC2)cc1CC)C(F)(F)F. The quantitative estimate of drug-likeness (QED) is 0.205. The molecule has 0 bridgehead atoms. The van der Waals surface area contributed by atoms with Crippen molar-refractivity contribution >= 4 is 23.1 Å². The van der Waals surface area contributed by atoms with E-state index in [-0.39, 0.29) is 24.1 Å². The Morgan fingerprint density at radius 2 is 1.85 bits per heavy atom. The van der Waals surface area contributed by atoms with Crippen LogP contribution in [0.4, 0.5) is 24.5 Å². The van der Waals surface area contributed by atoms with Crippen molar-refractivity contribution in [1.82, 2.24) is 20.0 Å². The number of nitrogens with one attached hydrogen (secondary N) is 2. The van der Waals surface area contributed by atoms with Gasteiger partial charge in [0.1, 0.15) is 5.84 Å². The van der Waals surface area contributed by atoms with E-state index in [4.69, 9.17) is 4.74 Å². The lowest BCUT2D eigenvalue weighted by atomic mass is 10.0. The van der Waals surface area contributed by atoms with Gasteiger partial charge in [0.15, 0.2) is 0 Å². The Hall–Kier alpha value is -3.09. The number of hydrogen-bond acceptors (Lipinski definition) is 7. The number of amides is 1. The van der Waals surface area contributed by atoms with Crippen LogP contribution in [0.25, 0.3) is 0 Å². The van der Waals surface area contributed by atoms with E-state index in [1.807, 2.05) is 13.0 Å². The number of halogens is 3. The van der Waals surface area contributed by atoms with Gasteiger partial charge in [0, 0.05) is 75.1 Å². The summed E-state index contributed by atoms with van der Waals surface area (Å²) in [5.74, 6) is 0.260. The van der Waals surface area contributed by atoms with Crippen molar-refractivity contribution < 1.29 is 22.7 Å². The third-order valence-corrected chi connectivity index (χ3v) is 9.20. The van der Waals surface area contributed by atoms with Crippen molar-refractivity contribution in [3.63, 3.8) is 0 Å². The second-order valence-electron chi connectivity index (χ2n) is 12.8. The van der Waals surface area contributed by atoms with Gasteiger partial charge in [0.2, 0.25) is 5.91 Å². The highest BCUT2D eigenvalue weighted by Gasteiger charge is 2.36. The van der Waals surface area contributed by atoms with Gasteiger partial charge in [-0.1, -0.05) is 20.4 Å². The minimum absolute atomic E-state index is 0.00146. The molecule has 3 fully saturated rings. The normalized spacial score (nSPS) is 20.9. The molecule has 3 aliphatic rings. The summed E-state index contributed by atoms with van der Waals surface area (Å²) in [5, 5.41) is 6.02. The highest BCUT2D eigenvalue weighted by Crippen LogP contribution is 2.30. The summed E-state index contributed by atoms with van der Waals surface area (Å²) in [6.45, 7) is 17.7. The molecule has 3 aliphatic heterocycles. The Morgan fingerprint density at radius 1 is 1.13 bits per heavy atom. The van der Waals surface area contributed by atoms with Crippen molar-refractivity contribution in [3.05, 3.63) is 47.8 Å². The number of anilines is 2. The first-order valence-electron chi connectivity index (χ1n) is 16.6. The third kappa shape index (κ3) is 10.2. The standard InChI is InChI=1S/C34H52F3N7O2/c1-6-28-21-30(43-16-14-42(15-17-43)29-9-12-41(5)13-10-29)7-8-32(28)40-27(4)39-23-31(34(35,36)37)26(3)38-22-25(2)24-44-18-20-46-19-11-33(44)45/h7-8,21,23,25,29,38H,3,6,9-20,22,24H2,1-2,4-5H3,(H,39,40)/b31-23+. The number of benzene rings is 1. The lowest BCUT2D eigenvalue weighted by molar-refractivity contribution is -0.130. The highest BCUT2D eigenvalue weighted by molar-refractivity contribution is 5.95. The number of nitrogens with zero attached hydrogens (tertiary/aromatic N) is 5. The van der Waals surface area contributed by atoms with Crippen LogP contribution in [0.15, 0.2) is 47.2 Å². The van der Waals surface area contributed by atoms with Crippen LogP contribution < -0.4 is 15.5 Å². The maximum atomic E-state index is 14.0. The maximum absolute atomic E-state index is 14.0. The van der Waals surface area contributed by atoms with E-state index in [0.717, 1.165) is 50.1 Å². The number of amidine groups is 1. The monoisotopic (exact) mass is 647 g/mol. The molecule has 0 aromatic heterocycles. The number of rotatable bonds is 11. The van der Waals surface area contributed by atoms with E-state index < -0.39 is 11.7 Å². The predicted octanol–water partition coefficient (Wildman–Crippen LogP) is 4.73. The molecule has 0 aliphatic carbocycles. The van der Waals surface area contributed by atoms with Crippen LogP contribution in [0, 0.1) is 5.92 Å². The van der Waals surface area contributed by atoms with Gasteiger partial charge in [-0.3, -0.25) is 9.69 Å². The molecule has 46 heavy (non-hydrogen) atoms. The van der Waals surface area contributed by atoms with Gasteiger partial charge in [-0.25, -0.2) is 4.99 Å². The number of likely N-dealkylation sites (tertiary alicyclic amines) is 1. The molecule has 1 aromatic carbocycles. The van der Waals surface area contributed by atoms with Crippen LogP contribution >= 0.6 is 0 Å². The molecular formula is C34H52F3N7O2. The van der Waals surface area contributed by atoms with Crippen molar-refractivity contribution in [2.24, 2.45) is 10.9 Å². The number of aryl methyl sites for hydroxylation is 1. The molecule has 1 unspecified atom stereocenters. The molecule has 256 valence electrons. The minimum Gasteiger partial charge on any atom is -0.385 e. The van der Waals surface area contributed by atoms with Crippen molar-refractivity contribution in [3.8, 4) is 0 Å². The summed E-state index contributed by atoms with van der Waals surface area (Å²) in [6.07, 6.45) is -0.249. The Labute approximate surface area is 272 Å². The number of carbonyl (C=O) groups is 1. The summed E-state index contributed by atoms with van der Waals surface area (Å²) in [4.78, 5) is 25.5. The lowest BCUT2D eigenvalue weighted by Crippen LogP contribution is -2.53. The molecular weight excluding hydrogens is 595 g/mol. The van der Waals surface area contributed by atoms with Crippen molar-refractivity contribution in [2.45, 2.75) is 58.7 Å². The van der Waals surface area contributed by atoms with Gasteiger partial charge in [-0.2, -0.15) is 13.2 Å². The van der Waals surface area contributed by atoms with Gasteiger partial charge in [-0.15, -0.1) is 0 Å². The zero-order chi connectivity index (χ0) is 33.3. The molecule has 0 saturated carbocycles. The van der Waals surface area contributed by atoms with E-state index in [1.165, 1.54) is 31.6 Å². The topological polar surface area (TPSA) is 75.7 Å². The van der Waals surface area contributed by atoms with E-state index in [2.05, 4.69) is 63.0 Å². The Balaban J connectivity index is 1.33. The first-order valence-corrected chi connectivity index (χ1v) is 16.6. The zero-order valence-corrected chi connectivity index (χ0v) is 28.0. The molecule has 12 heteroatoms. The number of allylic oxidation sites excluding steroid dienone is 1. The summed E-state index contributed by atoms with van der Waals surface area (Å²) in [7, 11) is 2.19. The summed E-state index contributed by atoms with van der Waals surface area (Å²) < 4.78 is 47.3. The fraction of sp³-hybridized carbons (Fsp3) is 0.647. The smallest absolute Gasteiger partial charge is 0.385 e. The van der Waals surface area contributed by atoms with E-state index in [0.29, 0.717) is 44.6 Å². The molecule has 3 saturated heterocycles. The summed E-state index contributed by atoms with van der Waals surface area (Å²) in [6, 6.07) is 6.93. The van der Waals surface area contributed by atoms with E-state index >= 15 is 0 Å². The van der Waals surface area contributed by atoms with Crippen LogP contribution in [-0.2, 0) is 16.0 Å². The second-order valence-corrected chi connectivity index (χ2v) is 12.8. The predicted molar refractivity (Wildman–Crippen MR) is 179 cm³/mol. The first kappa shape index (κ1) is 35.8. The van der Waals surface area contributed by atoms with Gasteiger partial charge in [-0.05, 0) is 76.0 Å². The maximum Gasteiger partial charge on any atom is 0.419 e. The molecule has 3 heterocycles. The number of aliphatic imine (C=N–C) groups is 1. The fourth-order valence-corrected chi connectivity index (χ4v) is 6.35. The Morgan fingerprint density at radius 3 is 2.52 bits per heavy atom. The van der Waals surface area contributed by atoms with Gasteiger partial charge < -0.3 is 30.1 Å². The van der Waals surface area contributed by atoms with Crippen LogP contribution in [0.5, 0.6) is 0 Å². The number of piperidine rings is 1. The fourth-order valence-electron chi connectivity index (χ4n) is 6.35. The molecule has 1 aromatic rings. The lowest BCUT2D eigenvalue weighted by Gasteiger charge is -2.43. The molecule has 9 nitrogen and oxygen atoms in total. The number of piperazine rings is 1. The second kappa shape index (κ2) is 16.6. The number of alkyl halides is 3. The minimum atomic E-state index is -4.64. The number of carbonyl (C=O) groups excluding carboxylic acids is 1. The van der Waals surface area contributed by atoms with Crippen molar-refractivity contribution in [1.29, 1.82) is 0 Å². The van der Waals surface area contributed by atoms with Crippen LogP contribution in [0.3, 0.4) is 0 Å². The third-order valence-electron chi connectivity index (χ3n) is 9.20. The van der Waals surface area contributed by atoms with E-state index in [9.17, 15) is 18.0 Å². The average molecular weight is 648 g/mol. The van der Waals surface area contributed by atoms with Crippen LogP contribution in [0.1, 0.15) is 45.6 Å². The van der Waals surface area contributed by atoms with Crippen LogP contribution in [-0.4, -0.2) is 118 Å².